The van der Waals surface area contributed by atoms with Gasteiger partial charge in [0.1, 0.15) is 0 Å². The fraction of sp³-hybridized carbons (Fsp3) is 0.100. The quantitative estimate of drug-likeness (QED) is 0.461. The Morgan fingerprint density at radius 3 is 2.37 bits per heavy atom. The highest BCUT2D eigenvalue weighted by Gasteiger charge is 2.23. The van der Waals surface area contributed by atoms with E-state index in [1.165, 1.54) is 3.97 Å². The van der Waals surface area contributed by atoms with E-state index in [9.17, 15) is 8.42 Å². The van der Waals surface area contributed by atoms with E-state index in [0.717, 1.165) is 32.2 Å². The third-order valence-electron chi connectivity index (χ3n) is 4.38. The molecule has 0 fully saturated rings. The van der Waals surface area contributed by atoms with E-state index in [-0.39, 0.29) is 4.90 Å². The van der Waals surface area contributed by atoms with Crippen LogP contribution in [-0.4, -0.2) is 22.4 Å². The van der Waals surface area contributed by atoms with E-state index in [2.05, 4.69) is 25.9 Å². The van der Waals surface area contributed by atoms with Gasteiger partial charge < -0.3 is 0 Å². The second kappa shape index (κ2) is 6.58. The number of benzene rings is 1. The standard InChI is InChI=1S/C20H16BrN3O2S/c1-13-3-7-17(8-4-13)27(25,26)24-12-19(15-6-5-14(2)22-10-15)18-9-16(21)11-23-20(18)24/h3-12H,1-2H3. The zero-order valence-electron chi connectivity index (χ0n) is 14.7. The minimum atomic E-state index is -3.77. The first kappa shape index (κ1) is 17.9. The SMILES string of the molecule is Cc1ccc(S(=O)(=O)n2cc(-c3ccc(C)nc3)c3cc(Br)cnc32)cc1. The molecule has 0 atom stereocenters. The molecule has 0 amide bonds. The van der Waals surface area contributed by atoms with E-state index in [1.54, 1.807) is 42.9 Å². The molecule has 4 rings (SSSR count). The maximum atomic E-state index is 13.2. The lowest BCUT2D eigenvalue weighted by Crippen LogP contribution is -2.12. The molecule has 136 valence electrons. The van der Waals surface area contributed by atoms with E-state index >= 15 is 0 Å². The number of halogens is 1. The van der Waals surface area contributed by atoms with Gasteiger partial charge in [0.2, 0.25) is 0 Å². The van der Waals surface area contributed by atoms with Gasteiger partial charge in [0.25, 0.3) is 10.0 Å². The Labute approximate surface area is 165 Å². The lowest BCUT2D eigenvalue weighted by atomic mass is 10.1. The van der Waals surface area contributed by atoms with Crippen LogP contribution >= 0.6 is 15.9 Å². The van der Waals surface area contributed by atoms with E-state index in [4.69, 9.17) is 0 Å². The maximum Gasteiger partial charge on any atom is 0.269 e. The van der Waals surface area contributed by atoms with Gasteiger partial charge in [-0.05, 0) is 54.0 Å². The topological polar surface area (TPSA) is 64.8 Å². The molecule has 0 saturated carbocycles. The molecule has 3 heterocycles. The van der Waals surface area contributed by atoms with Crippen molar-refractivity contribution in [1.29, 1.82) is 0 Å². The number of hydrogen-bond donors (Lipinski definition) is 0. The van der Waals surface area contributed by atoms with Crippen LogP contribution in [0.1, 0.15) is 11.3 Å². The molecule has 0 aliphatic rings. The Kier molecular flexibility index (Phi) is 4.36. The lowest BCUT2D eigenvalue weighted by Gasteiger charge is -2.07. The van der Waals surface area contributed by atoms with Crippen LogP contribution in [0.3, 0.4) is 0 Å². The van der Waals surface area contributed by atoms with Crippen molar-refractivity contribution in [3.8, 4) is 11.1 Å². The predicted molar refractivity (Wildman–Crippen MR) is 109 cm³/mol. The summed E-state index contributed by atoms with van der Waals surface area (Å²) in [7, 11) is -3.77. The minimum Gasteiger partial charge on any atom is -0.261 e. The normalized spacial score (nSPS) is 11.8. The van der Waals surface area contributed by atoms with E-state index < -0.39 is 10.0 Å². The summed E-state index contributed by atoms with van der Waals surface area (Å²) < 4.78 is 28.5. The average Bonchev–Trinajstić information content (AvgIpc) is 3.02. The molecule has 0 spiro atoms. The first-order valence-corrected chi connectivity index (χ1v) is 10.5. The summed E-state index contributed by atoms with van der Waals surface area (Å²) in [4.78, 5) is 8.93. The smallest absolute Gasteiger partial charge is 0.261 e. The Hall–Kier alpha value is -2.51. The zero-order valence-corrected chi connectivity index (χ0v) is 17.1. The number of fused-ring (bicyclic) bond motifs is 1. The van der Waals surface area contributed by atoms with Crippen molar-refractivity contribution in [3.05, 3.63) is 76.8 Å². The highest BCUT2D eigenvalue weighted by molar-refractivity contribution is 9.10. The van der Waals surface area contributed by atoms with Crippen LogP contribution in [0, 0.1) is 13.8 Å². The minimum absolute atomic E-state index is 0.225. The molecule has 0 saturated heterocycles. The van der Waals surface area contributed by atoms with Crippen LogP contribution in [0.4, 0.5) is 0 Å². The van der Waals surface area contributed by atoms with Crippen LogP contribution in [-0.2, 0) is 10.0 Å². The van der Waals surface area contributed by atoms with Gasteiger partial charge in [-0.15, -0.1) is 0 Å². The molecular weight excluding hydrogens is 426 g/mol. The Morgan fingerprint density at radius 1 is 0.963 bits per heavy atom. The summed E-state index contributed by atoms with van der Waals surface area (Å²) in [5.41, 5.74) is 3.88. The van der Waals surface area contributed by atoms with E-state index in [1.807, 2.05) is 32.0 Å². The van der Waals surface area contributed by atoms with Crippen molar-refractivity contribution >= 4 is 37.0 Å². The number of nitrogens with zero attached hydrogens (tertiary/aromatic N) is 3. The van der Waals surface area contributed by atoms with Crippen LogP contribution in [0.25, 0.3) is 22.2 Å². The van der Waals surface area contributed by atoms with Crippen LogP contribution in [0.15, 0.2) is 70.4 Å². The fourth-order valence-corrected chi connectivity index (χ4v) is 4.57. The average molecular weight is 442 g/mol. The van der Waals surface area contributed by atoms with Gasteiger partial charge in [-0.1, -0.05) is 23.8 Å². The summed E-state index contributed by atoms with van der Waals surface area (Å²) in [5.74, 6) is 0. The van der Waals surface area contributed by atoms with Crippen LogP contribution in [0.5, 0.6) is 0 Å². The van der Waals surface area contributed by atoms with Gasteiger partial charge in [0.05, 0.1) is 4.90 Å². The molecule has 27 heavy (non-hydrogen) atoms. The highest BCUT2D eigenvalue weighted by atomic mass is 79.9. The Balaban J connectivity index is 1.99. The molecule has 0 aliphatic heterocycles. The third kappa shape index (κ3) is 3.17. The number of rotatable bonds is 3. The summed E-state index contributed by atoms with van der Waals surface area (Å²) in [6, 6.07) is 12.5. The Morgan fingerprint density at radius 2 is 1.70 bits per heavy atom. The van der Waals surface area contributed by atoms with Gasteiger partial charge in [0.15, 0.2) is 5.65 Å². The summed E-state index contributed by atoms with van der Waals surface area (Å²) in [6.45, 7) is 3.83. The largest absolute Gasteiger partial charge is 0.269 e. The number of pyridine rings is 2. The van der Waals surface area contributed by atoms with Crippen LogP contribution in [0.2, 0.25) is 0 Å². The molecule has 0 radical (unpaired) electrons. The number of aromatic nitrogens is 3. The zero-order chi connectivity index (χ0) is 19.2. The maximum absolute atomic E-state index is 13.2. The number of hydrogen-bond acceptors (Lipinski definition) is 4. The summed E-state index contributed by atoms with van der Waals surface area (Å²) >= 11 is 3.43. The van der Waals surface area contributed by atoms with Gasteiger partial charge in [-0.3, -0.25) is 4.98 Å². The monoisotopic (exact) mass is 441 g/mol. The van der Waals surface area contributed by atoms with Crippen molar-refractivity contribution in [3.63, 3.8) is 0 Å². The first-order chi connectivity index (χ1) is 12.9. The molecule has 1 aromatic carbocycles. The van der Waals surface area contributed by atoms with E-state index in [0.29, 0.717) is 5.65 Å². The molecule has 0 N–H and O–H groups in total. The molecule has 0 bridgehead atoms. The van der Waals surface area contributed by atoms with Gasteiger partial charge in [-0.2, -0.15) is 0 Å². The van der Waals surface area contributed by atoms with Crippen molar-refractivity contribution in [2.75, 3.05) is 0 Å². The molecule has 0 aliphatic carbocycles. The second-order valence-corrected chi connectivity index (χ2v) is 9.10. The Bertz CT molecular complexity index is 1250. The molecule has 4 aromatic rings. The van der Waals surface area contributed by atoms with Crippen molar-refractivity contribution < 1.29 is 8.42 Å². The summed E-state index contributed by atoms with van der Waals surface area (Å²) in [6.07, 6.45) is 4.96. The molecule has 0 unspecified atom stereocenters. The fourth-order valence-electron chi connectivity index (χ4n) is 2.92. The van der Waals surface area contributed by atoms with Gasteiger partial charge in [0, 0.05) is 45.3 Å². The first-order valence-electron chi connectivity index (χ1n) is 8.28. The highest BCUT2D eigenvalue weighted by Crippen LogP contribution is 2.33. The van der Waals surface area contributed by atoms with Crippen molar-refractivity contribution in [2.45, 2.75) is 18.7 Å². The van der Waals surface area contributed by atoms with Gasteiger partial charge >= 0.3 is 0 Å². The molecule has 3 aromatic heterocycles. The summed E-state index contributed by atoms with van der Waals surface area (Å²) in [5, 5.41) is 0.741. The molecular formula is C20H16BrN3O2S. The van der Waals surface area contributed by atoms with Crippen LogP contribution < -0.4 is 0 Å². The predicted octanol–water partition coefficient (Wildman–Crippen LogP) is 4.71. The molecule has 5 nitrogen and oxygen atoms in total. The second-order valence-electron chi connectivity index (χ2n) is 6.37. The van der Waals surface area contributed by atoms with Crippen molar-refractivity contribution in [1.82, 2.24) is 13.9 Å². The lowest BCUT2D eigenvalue weighted by molar-refractivity contribution is 0.589. The van der Waals surface area contributed by atoms with Crippen molar-refractivity contribution in [2.24, 2.45) is 0 Å². The molecule has 7 heteroatoms. The third-order valence-corrected chi connectivity index (χ3v) is 6.48. The number of aryl methyl sites for hydroxylation is 2. The van der Waals surface area contributed by atoms with Gasteiger partial charge in [-0.25, -0.2) is 17.4 Å².